The van der Waals surface area contributed by atoms with Gasteiger partial charge >= 0.3 is 0 Å². The van der Waals surface area contributed by atoms with E-state index in [1.165, 1.54) is 12.3 Å². The van der Waals surface area contributed by atoms with Crippen molar-refractivity contribution < 1.29 is 9.18 Å². The molecule has 2 aromatic rings. The highest BCUT2D eigenvalue weighted by atomic mass is 19.1. The summed E-state index contributed by atoms with van der Waals surface area (Å²) in [6, 6.07) is 3.35. The van der Waals surface area contributed by atoms with Crippen molar-refractivity contribution in [3.8, 4) is 0 Å². The minimum atomic E-state index is -0.484. The first-order valence-corrected chi connectivity index (χ1v) is 8.21. The quantitative estimate of drug-likeness (QED) is 0.836. The Balaban J connectivity index is 1.49. The Kier molecular flexibility index (Phi) is 5.20. The Morgan fingerprint density at radius 1 is 1.33 bits per heavy atom. The van der Waals surface area contributed by atoms with E-state index in [4.69, 9.17) is 0 Å². The molecule has 2 aromatic heterocycles. The van der Waals surface area contributed by atoms with Gasteiger partial charge in [0.1, 0.15) is 5.82 Å². The molecule has 1 saturated heterocycles. The van der Waals surface area contributed by atoms with Crippen molar-refractivity contribution in [2.75, 3.05) is 26.7 Å². The van der Waals surface area contributed by atoms with Gasteiger partial charge in [-0.3, -0.25) is 14.5 Å². The van der Waals surface area contributed by atoms with Crippen LogP contribution in [0, 0.1) is 5.82 Å². The van der Waals surface area contributed by atoms with E-state index in [1.807, 2.05) is 16.9 Å². The molecule has 0 bridgehead atoms. The van der Waals surface area contributed by atoms with Crippen LogP contribution in [-0.2, 0) is 6.54 Å². The average Bonchev–Trinajstić information content (AvgIpc) is 3.13. The maximum absolute atomic E-state index is 13.2. The van der Waals surface area contributed by atoms with Crippen molar-refractivity contribution in [1.82, 2.24) is 24.6 Å². The van der Waals surface area contributed by atoms with Crippen molar-refractivity contribution in [2.24, 2.45) is 0 Å². The highest BCUT2D eigenvalue weighted by molar-refractivity contribution is 5.93. The standard InChI is InChI=1S/C17H22FN5O/c1-21(17(24)14-11-15(18)13-19-12-14)16-3-7-22(8-4-16)9-10-23-6-2-5-20-23/h2,5-6,11-13,16H,3-4,7-10H2,1H3. The van der Waals surface area contributed by atoms with Gasteiger partial charge in [0.15, 0.2) is 0 Å². The summed E-state index contributed by atoms with van der Waals surface area (Å²) >= 11 is 0. The number of carbonyl (C=O) groups is 1. The maximum Gasteiger partial charge on any atom is 0.255 e. The van der Waals surface area contributed by atoms with E-state index in [1.54, 1.807) is 18.1 Å². The van der Waals surface area contributed by atoms with Crippen LogP contribution in [0.3, 0.4) is 0 Å². The van der Waals surface area contributed by atoms with Gasteiger partial charge in [0.05, 0.1) is 18.3 Å². The molecule has 1 aliphatic heterocycles. The smallest absolute Gasteiger partial charge is 0.255 e. The highest BCUT2D eigenvalue weighted by Crippen LogP contribution is 2.17. The van der Waals surface area contributed by atoms with Gasteiger partial charge in [-0.25, -0.2) is 4.39 Å². The number of pyridine rings is 1. The van der Waals surface area contributed by atoms with Crippen LogP contribution in [0.4, 0.5) is 4.39 Å². The van der Waals surface area contributed by atoms with Crippen molar-refractivity contribution in [1.29, 1.82) is 0 Å². The Bertz CT molecular complexity index is 667. The molecule has 6 nitrogen and oxygen atoms in total. The van der Waals surface area contributed by atoms with Gasteiger partial charge in [-0.2, -0.15) is 5.10 Å². The third-order valence-corrected chi connectivity index (χ3v) is 4.58. The number of amides is 1. The predicted octanol–water partition coefficient (Wildman–Crippen LogP) is 1.65. The van der Waals surface area contributed by atoms with Crippen LogP contribution in [0.1, 0.15) is 23.2 Å². The largest absolute Gasteiger partial charge is 0.339 e. The van der Waals surface area contributed by atoms with Crippen molar-refractivity contribution in [2.45, 2.75) is 25.4 Å². The monoisotopic (exact) mass is 331 g/mol. The molecule has 0 aliphatic carbocycles. The molecule has 128 valence electrons. The van der Waals surface area contributed by atoms with Gasteiger partial charge in [-0.05, 0) is 25.0 Å². The summed E-state index contributed by atoms with van der Waals surface area (Å²) in [6.45, 7) is 3.73. The Morgan fingerprint density at radius 2 is 2.12 bits per heavy atom. The SMILES string of the molecule is CN(C(=O)c1cncc(F)c1)C1CCN(CCn2cccn2)CC1. The van der Waals surface area contributed by atoms with Crippen LogP contribution in [0.25, 0.3) is 0 Å². The number of aromatic nitrogens is 3. The molecule has 0 unspecified atom stereocenters. The molecule has 1 aliphatic rings. The van der Waals surface area contributed by atoms with E-state index in [-0.39, 0.29) is 11.9 Å². The second-order valence-electron chi connectivity index (χ2n) is 6.15. The van der Waals surface area contributed by atoms with Crippen LogP contribution < -0.4 is 0 Å². The molecule has 0 atom stereocenters. The fourth-order valence-electron chi connectivity index (χ4n) is 3.11. The molecule has 0 spiro atoms. The molecule has 1 fully saturated rings. The predicted molar refractivity (Wildman–Crippen MR) is 88.0 cm³/mol. The summed E-state index contributed by atoms with van der Waals surface area (Å²) in [5, 5.41) is 4.21. The highest BCUT2D eigenvalue weighted by Gasteiger charge is 2.26. The first-order chi connectivity index (χ1) is 11.6. The number of likely N-dealkylation sites (tertiary alicyclic amines) is 1. The summed E-state index contributed by atoms with van der Waals surface area (Å²) < 4.78 is 15.2. The van der Waals surface area contributed by atoms with Crippen LogP contribution in [-0.4, -0.2) is 63.2 Å². The van der Waals surface area contributed by atoms with Crippen LogP contribution in [0.15, 0.2) is 36.9 Å². The minimum absolute atomic E-state index is 0.169. The number of rotatable bonds is 5. The Labute approximate surface area is 140 Å². The van der Waals surface area contributed by atoms with Crippen molar-refractivity contribution >= 4 is 5.91 Å². The van der Waals surface area contributed by atoms with E-state index in [9.17, 15) is 9.18 Å². The van der Waals surface area contributed by atoms with Gasteiger partial charge in [0.25, 0.3) is 5.91 Å². The number of hydrogen-bond acceptors (Lipinski definition) is 4. The molecular weight excluding hydrogens is 309 g/mol. The summed E-state index contributed by atoms with van der Waals surface area (Å²) in [5.74, 6) is -0.653. The maximum atomic E-state index is 13.2. The molecule has 3 rings (SSSR count). The third kappa shape index (κ3) is 3.97. The van der Waals surface area contributed by atoms with Gasteiger partial charge < -0.3 is 9.80 Å². The first kappa shape index (κ1) is 16.6. The van der Waals surface area contributed by atoms with E-state index in [0.29, 0.717) is 5.56 Å². The van der Waals surface area contributed by atoms with E-state index < -0.39 is 5.82 Å². The summed E-state index contributed by atoms with van der Waals surface area (Å²) in [6.07, 6.45) is 8.12. The third-order valence-electron chi connectivity index (χ3n) is 4.58. The molecule has 0 aromatic carbocycles. The molecular formula is C17H22FN5O. The lowest BCUT2D eigenvalue weighted by Gasteiger charge is -2.36. The molecule has 1 amide bonds. The lowest BCUT2D eigenvalue weighted by Crippen LogP contribution is -2.46. The minimum Gasteiger partial charge on any atom is -0.339 e. The number of hydrogen-bond donors (Lipinski definition) is 0. The van der Waals surface area contributed by atoms with E-state index >= 15 is 0 Å². The summed E-state index contributed by atoms with van der Waals surface area (Å²) in [7, 11) is 1.79. The fourth-order valence-corrected chi connectivity index (χ4v) is 3.11. The van der Waals surface area contributed by atoms with Gasteiger partial charge in [-0.15, -0.1) is 0 Å². The Hall–Kier alpha value is -2.28. The Morgan fingerprint density at radius 3 is 2.79 bits per heavy atom. The van der Waals surface area contributed by atoms with Gasteiger partial charge in [-0.1, -0.05) is 0 Å². The van der Waals surface area contributed by atoms with Crippen molar-refractivity contribution in [3.63, 3.8) is 0 Å². The zero-order valence-electron chi connectivity index (χ0n) is 13.8. The number of carbonyl (C=O) groups excluding carboxylic acids is 1. The van der Waals surface area contributed by atoms with Crippen LogP contribution in [0.5, 0.6) is 0 Å². The number of piperidine rings is 1. The fraction of sp³-hybridized carbons (Fsp3) is 0.471. The molecule has 24 heavy (non-hydrogen) atoms. The molecule has 0 saturated carbocycles. The molecule has 0 N–H and O–H groups in total. The normalized spacial score (nSPS) is 16.2. The number of halogens is 1. The van der Waals surface area contributed by atoms with E-state index in [2.05, 4.69) is 15.0 Å². The zero-order valence-corrected chi connectivity index (χ0v) is 13.8. The van der Waals surface area contributed by atoms with Crippen LogP contribution >= 0.6 is 0 Å². The lowest BCUT2D eigenvalue weighted by molar-refractivity contribution is 0.0638. The molecule has 3 heterocycles. The second-order valence-corrected chi connectivity index (χ2v) is 6.15. The number of nitrogens with zero attached hydrogens (tertiary/aromatic N) is 5. The van der Waals surface area contributed by atoms with Crippen LogP contribution in [0.2, 0.25) is 0 Å². The van der Waals surface area contributed by atoms with Crippen molar-refractivity contribution in [3.05, 3.63) is 48.3 Å². The van der Waals surface area contributed by atoms with Gasteiger partial charge in [0.2, 0.25) is 0 Å². The zero-order chi connectivity index (χ0) is 16.9. The second kappa shape index (κ2) is 7.53. The first-order valence-electron chi connectivity index (χ1n) is 8.21. The molecule has 0 radical (unpaired) electrons. The van der Waals surface area contributed by atoms with Gasteiger partial charge in [0, 0.05) is 51.3 Å². The average molecular weight is 331 g/mol. The summed E-state index contributed by atoms with van der Waals surface area (Å²) in [4.78, 5) is 20.3. The lowest BCUT2D eigenvalue weighted by atomic mass is 10.0. The van der Waals surface area contributed by atoms with E-state index in [0.717, 1.165) is 45.2 Å². The molecule has 7 heteroatoms. The summed E-state index contributed by atoms with van der Waals surface area (Å²) in [5.41, 5.74) is 0.304. The topological polar surface area (TPSA) is 54.3 Å².